The van der Waals surface area contributed by atoms with Crippen LogP contribution in [0.3, 0.4) is 0 Å². The van der Waals surface area contributed by atoms with Crippen molar-refractivity contribution >= 4 is 0 Å². The number of benzene rings is 1. The van der Waals surface area contributed by atoms with Crippen LogP contribution in [0.1, 0.15) is 39.2 Å². The molecule has 0 saturated heterocycles. The summed E-state index contributed by atoms with van der Waals surface area (Å²) in [7, 11) is 0. The predicted octanol–water partition coefficient (Wildman–Crippen LogP) is 2.55. The van der Waals surface area contributed by atoms with Gasteiger partial charge in [0.05, 0.1) is 12.6 Å². The van der Waals surface area contributed by atoms with E-state index in [2.05, 4.69) is 39.1 Å². The molecule has 3 nitrogen and oxygen atoms in total. The van der Waals surface area contributed by atoms with Crippen molar-refractivity contribution in [3.05, 3.63) is 29.8 Å². The van der Waals surface area contributed by atoms with Gasteiger partial charge in [-0.2, -0.15) is 0 Å². The molecule has 0 fully saturated rings. The van der Waals surface area contributed by atoms with Crippen molar-refractivity contribution in [2.75, 3.05) is 13.2 Å². The summed E-state index contributed by atoms with van der Waals surface area (Å²) in [5, 5.41) is 12.6. The molecule has 0 spiro atoms. The van der Waals surface area contributed by atoms with Crippen molar-refractivity contribution in [1.82, 2.24) is 5.32 Å². The summed E-state index contributed by atoms with van der Waals surface area (Å²) in [6.45, 7) is 8.99. The third kappa shape index (κ3) is 4.67. The van der Waals surface area contributed by atoms with Crippen LogP contribution in [0.15, 0.2) is 24.3 Å². The summed E-state index contributed by atoms with van der Waals surface area (Å²) in [6.07, 6.45) is 0. The van der Waals surface area contributed by atoms with Crippen LogP contribution in [0.4, 0.5) is 0 Å². The standard InChI is InChI=1S/C15H25NO2/c1-11(2)14-7-5-6-8-15(14)18-10-13(9-17)16-12(3)4/h5-8,11-13,16-17H,9-10H2,1-4H3. The molecule has 1 rings (SSSR count). The Morgan fingerprint density at radius 3 is 2.39 bits per heavy atom. The Kier molecular flexibility index (Phi) is 6.16. The van der Waals surface area contributed by atoms with Gasteiger partial charge in [-0.1, -0.05) is 45.9 Å². The molecular formula is C15H25NO2. The molecule has 1 aromatic rings. The van der Waals surface area contributed by atoms with Crippen LogP contribution < -0.4 is 10.1 Å². The Hall–Kier alpha value is -1.06. The Labute approximate surface area is 110 Å². The number of ether oxygens (including phenoxy) is 1. The lowest BCUT2D eigenvalue weighted by Gasteiger charge is -2.21. The summed E-state index contributed by atoms with van der Waals surface area (Å²) in [5.41, 5.74) is 1.21. The summed E-state index contributed by atoms with van der Waals surface area (Å²) < 4.78 is 5.83. The number of rotatable bonds is 7. The first kappa shape index (κ1) is 15.0. The third-order valence-corrected chi connectivity index (χ3v) is 2.77. The third-order valence-electron chi connectivity index (χ3n) is 2.77. The van der Waals surface area contributed by atoms with E-state index in [1.165, 1.54) is 5.56 Å². The van der Waals surface area contributed by atoms with Gasteiger partial charge in [-0.3, -0.25) is 0 Å². The molecule has 0 aliphatic heterocycles. The second-order valence-corrected chi connectivity index (χ2v) is 5.20. The van der Waals surface area contributed by atoms with Gasteiger partial charge < -0.3 is 15.2 Å². The normalized spacial score (nSPS) is 13.1. The molecule has 2 N–H and O–H groups in total. The van der Waals surface area contributed by atoms with E-state index in [-0.39, 0.29) is 12.6 Å². The topological polar surface area (TPSA) is 41.5 Å². The average Bonchev–Trinajstić information content (AvgIpc) is 2.34. The van der Waals surface area contributed by atoms with Gasteiger partial charge >= 0.3 is 0 Å². The molecule has 0 saturated carbocycles. The lowest BCUT2D eigenvalue weighted by Crippen LogP contribution is -2.41. The van der Waals surface area contributed by atoms with Gasteiger partial charge in [0.2, 0.25) is 0 Å². The SMILES string of the molecule is CC(C)NC(CO)COc1ccccc1C(C)C. The fourth-order valence-electron chi connectivity index (χ4n) is 1.90. The first-order valence-electron chi connectivity index (χ1n) is 6.63. The van der Waals surface area contributed by atoms with Crippen molar-refractivity contribution in [2.45, 2.75) is 45.7 Å². The highest BCUT2D eigenvalue weighted by Gasteiger charge is 2.12. The fraction of sp³-hybridized carbons (Fsp3) is 0.600. The van der Waals surface area contributed by atoms with Crippen LogP contribution in [-0.2, 0) is 0 Å². The van der Waals surface area contributed by atoms with Crippen LogP contribution in [0.25, 0.3) is 0 Å². The molecule has 18 heavy (non-hydrogen) atoms. The average molecular weight is 251 g/mol. The number of para-hydroxylation sites is 1. The van der Waals surface area contributed by atoms with Gasteiger partial charge in [-0.15, -0.1) is 0 Å². The largest absolute Gasteiger partial charge is 0.492 e. The Morgan fingerprint density at radius 2 is 1.83 bits per heavy atom. The Bertz CT molecular complexity index is 350. The van der Waals surface area contributed by atoms with Gasteiger partial charge in [0.15, 0.2) is 0 Å². The minimum atomic E-state index is -0.0229. The summed E-state index contributed by atoms with van der Waals surface area (Å²) in [4.78, 5) is 0. The minimum Gasteiger partial charge on any atom is -0.492 e. The second-order valence-electron chi connectivity index (χ2n) is 5.20. The van der Waals surface area contributed by atoms with Crippen LogP contribution in [0.2, 0.25) is 0 Å². The van der Waals surface area contributed by atoms with E-state index in [9.17, 15) is 5.11 Å². The van der Waals surface area contributed by atoms with E-state index < -0.39 is 0 Å². The first-order valence-corrected chi connectivity index (χ1v) is 6.63. The minimum absolute atomic E-state index is 0.0229. The molecule has 1 unspecified atom stereocenters. The molecule has 0 aliphatic rings. The van der Waals surface area contributed by atoms with Gasteiger partial charge in [0, 0.05) is 6.04 Å². The number of aliphatic hydroxyl groups is 1. The first-order chi connectivity index (χ1) is 8.54. The van der Waals surface area contributed by atoms with Crippen LogP contribution in [-0.4, -0.2) is 30.4 Å². The predicted molar refractivity (Wildman–Crippen MR) is 75.2 cm³/mol. The van der Waals surface area contributed by atoms with E-state index in [0.717, 1.165) is 5.75 Å². The van der Waals surface area contributed by atoms with Gasteiger partial charge in [-0.05, 0) is 17.5 Å². The zero-order valence-electron chi connectivity index (χ0n) is 11.8. The lowest BCUT2D eigenvalue weighted by molar-refractivity contribution is 0.176. The maximum atomic E-state index is 9.29. The Balaban J connectivity index is 2.62. The van der Waals surface area contributed by atoms with Crippen LogP contribution in [0, 0.1) is 0 Å². The monoisotopic (exact) mass is 251 g/mol. The molecule has 0 aliphatic carbocycles. The molecule has 1 atom stereocenters. The fourth-order valence-corrected chi connectivity index (χ4v) is 1.90. The quantitative estimate of drug-likeness (QED) is 0.782. The van der Waals surface area contributed by atoms with E-state index in [0.29, 0.717) is 18.6 Å². The molecule has 0 bridgehead atoms. The van der Waals surface area contributed by atoms with Crippen LogP contribution >= 0.6 is 0 Å². The maximum absolute atomic E-state index is 9.29. The molecule has 0 amide bonds. The molecular weight excluding hydrogens is 226 g/mol. The van der Waals surface area contributed by atoms with Crippen molar-refractivity contribution in [1.29, 1.82) is 0 Å². The second kappa shape index (κ2) is 7.39. The van der Waals surface area contributed by atoms with Crippen molar-refractivity contribution in [3.63, 3.8) is 0 Å². The molecule has 0 aromatic heterocycles. The van der Waals surface area contributed by atoms with E-state index >= 15 is 0 Å². The van der Waals surface area contributed by atoms with Crippen LogP contribution in [0.5, 0.6) is 5.75 Å². The van der Waals surface area contributed by atoms with E-state index in [4.69, 9.17) is 4.74 Å². The number of hydrogen-bond donors (Lipinski definition) is 2. The smallest absolute Gasteiger partial charge is 0.122 e. The number of nitrogens with one attached hydrogen (secondary N) is 1. The van der Waals surface area contributed by atoms with Gasteiger partial charge in [0.25, 0.3) is 0 Å². The van der Waals surface area contributed by atoms with Crippen molar-refractivity contribution in [2.24, 2.45) is 0 Å². The number of aliphatic hydroxyl groups excluding tert-OH is 1. The van der Waals surface area contributed by atoms with Crippen molar-refractivity contribution in [3.8, 4) is 5.75 Å². The van der Waals surface area contributed by atoms with Gasteiger partial charge in [0.1, 0.15) is 12.4 Å². The molecule has 3 heteroatoms. The van der Waals surface area contributed by atoms with E-state index in [1.54, 1.807) is 0 Å². The molecule has 0 radical (unpaired) electrons. The van der Waals surface area contributed by atoms with Crippen molar-refractivity contribution < 1.29 is 9.84 Å². The van der Waals surface area contributed by atoms with Gasteiger partial charge in [-0.25, -0.2) is 0 Å². The Morgan fingerprint density at radius 1 is 1.17 bits per heavy atom. The zero-order chi connectivity index (χ0) is 13.5. The molecule has 102 valence electrons. The maximum Gasteiger partial charge on any atom is 0.122 e. The van der Waals surface area contributed by atoms with E-state index in [1.807, 2.05) is 18.2 Å². The highest BCUT2D eigenvalue weighted by Crippen LogP contribution is 2.25. The highest BCUT2D eigenvalue weighted by atomic mass is 16.5. The molecule has 0 heterocycles. The number of hydrogen-bond acceptors (Lipinski definition) is 3. The summed E-state index contributed by atoms with van der Waals surface area (Å²) in [5.74, 6) is 1.35. The lowest BCUT2D eigenvalue weighted by atomic mass is 10.0. The zero-order valence-corrected chi connectivity index (χ0v) is 11.8. The molecule has 1 aromatic carbocycles. The summed E-state index contributed by atoms with van der Waals surface area (Å²) in [6, 6.07) is 8.39. The highest BCUT2D eigenvalue weighted by molar-refractivity contribution is 5.35. The summed E-state index contributed by atoms with van der Waals surface area (Å²) >= 11 is 0.